The lowest BCUT2D eigenvalue weighted by molar-refractivity contribution is -0.139. The molecule has 1 aliphatic heterocycles. The molecule has 1 N–H and O–H groups in total. The van der Waals surface area contributed by atoms with Crippen molar-refractivity contribution in [1.82, 2.24) is 0 Å². The van der Waals surface area contributed by atoms with E-state index in [1.807, 2.05) is 13.8 Å². The van der Waals surface area contributed by atoms with Crippen molar-refractivity contribution in [2.24, 2.45) is 0 Å². The van der Waals surface area contributed by atoms with Gasteiger partial charge in [0.25, 0.3) is 11.7 Å². The summed E-state index contributed by atoms with van der Waals surface area (Å²) in [4.78, 5) is 39.9. The number of ketones is 1. The Morgan fingerprint density at radius 3 is 2.38 bits per heavy atom. The van der Waals surface area contributed by atoms with E-state index in [0.29, 0.717) is 40.5 Å². The van der Waals surface area contributed by atoms with E-state index in [4.69, 9.17) is 14.2 Å². The van der Waals surface area contributed by atoms with Gasteiger partial charge in [0.1, 0.15) is 17.3 Å². The van der Waals surface area contributed by atoms with E-state index in [9.17, 15) is 19.5 Å². The first-order chi connectivity index (χ1) is 18.8. The fourth-order valence-corrected chi connectivity index (χ4v) is 4.57. The number of aliphatic hydroxyl groups excluding tert-OH is 1. The quantitative estimate of drug-likeness (QED) is 0.177. The van der Waals surface area contributed by atoms with Crippen LogP contribution in [-0.2, 0) is 25.5 Å². The number of carbonyl (C=O) groups excluding carboxylic acids is 3. The number of ether oxygens (including phenoxy) is 3. The number of anilines is 1. The maximum Gasteiger partial charge on any atom is 0.309 e. The van der Waals surface area contributed by atoms with Crippen molar-refractivity contribution in [3.63, 3.8) is 0 Å². The van der Waals surface area contributed by atoms with E-state index in [0.717, 1.165) is 12.0 Å². The standard InChI is InChI=1S/C31H31NO7/c1-5-15-39-25-14-11-22(16-19(25)2)29(34)27-28(21-7-6-8-24(18-21)37-3)32(31(36)30(27)35)23-12-9-20(10-13-23)17-26(33)38-4/h6-14,16,18,28,34H,5,15,17H2,1-4H3/b29-27-. The molecule has 4 rings (SSSR count). The van der Waals surface area contributed by atoms with Crippen LogP contribution in [0.3, 0.4) is 0 Å². The number of aliphatic hydroxyl groups is 1. The second-order valence-electron chi connectivity index (χ2n) is 9.19. The highest BCUT2D eigenvalue weighted by Crippen LogP contribution is 2.43. The van der Waals surface area contributed by atoms with E-state index in [2.05, 4.69) is 0 Å². The van der Waals surface area contributed by atoms with E-state index in [1.165, 1.54) is 19.1 Å². The Morgan fingerprint density at radius 1 is 1.00 bits per heavy atom. The summed E-state index contributed by atoms with van der Waals surface area (Å²) in [6.45, 7) is 4.43. The third kappa shape index (κ3) is 5.65. The lowest BCUT2D eigenvalue weighted by atomic mass is 9.94. The van der Waals surface area contributed by atoms with E-state index in [1.54, 1.807) is 66.7 Å². The molecule has 0 spiro atoms. The molecule has 0 aromatic heterocycles. The molecule has 0 radical (unpaired) electrons. The second kappa shape index (κ2) is 11.9. The van der Waals surface area contributed by atoms with E-state index in [-0.39, 0.29) is 23.7 Å². The number of Topliss-reactive ketones (excluding diaryl/α,β-unsaturated/α-hetero) is 1. The molecule has 1 atom stereocenters. The molecule has 0 saturated carbocycles. The molecule has 8 nitrogen and oxygen atoms in total. The summed E-state index contributed by atoms with van der Waals surface area (Å²) in [5.41, 5.74) is 2.89. The van der Waals surface area contributed by atoms with Gasteiger partial charge in [0, 0.05) is 11.3 Å². The van der Waals surface area contributed by atoms with Gasteiger partial charge in [-0.1, -0.05) is 31.2 Å². The third-order valence-electron chi connectivity index (χ3n) is 6.55. The van der Waals surface area contributed by atoms with Crippen LogP contribution in [-0.4, -0.2) is 43.6 Å². The number of methoxy groups -OCH3 is 2. The average molecular weight is 530 g/mol. The van der Waals surface area contributed by atoms with E-state index >= 15 is 0 Å². The van der Waals surface area contributed by atoms with E-state index < -0.39 is 17.7 Å². The largest absolute Gasteiger partial charge is 0.507 e. The number of amides is 1. The summed E-state index contributed by atoms with van der Waals surface area (Å²) in [6.07, 6.45) is 0.932. The molecule has 3 aromatic rings. The lowest BCUT2D eigenvalue weighted by Crippen LogP contribution is -2.29. The SMILES string of the molecule is CCCOc1ccc(/C(O)=C2/C(=O)C(=O)N(c3ccc(CC(=O)OC)cc3)C2c2cccc(OC)c2)cc1C. The van der Waals surface area contributed by atoms with Gasteiger partial charge in [-0.2, -0.15) is 0 Å². The molecule has 3 aromatic carbocycles. The van der Waals surface area contributed by atoms with Crippen LogP contribution in [0.15, 0.2) is 72.3 Å². The predicted octanol–water partition coefficient (Wildman–Crippen LogP) is 5.13. The van der Waals surface area contributed by atoms with Crippen molar-refractivity contribution in [2.75, 3.05) is 25.7 Å². The zero-order valence-electron chi connectivity index (χ0n) is 22.4. The Balaban J connectivity index is 1.83. The Hall–Kier alpha value is -4.59. The van der Waals surface area contributed by atoms with Crippen molar-refractivity contribution >= 4 is 29.1 Å². The minimum atomic E-state index is -0.914. The van der Waals surface area contributed by atoms with Gasteiger partial charge < -0.3 is 19.3 Å². The molecule has 8 heteroatoms. The fraction of sp³-hybridized carbons (Fsp3) is 0.258. The topological polar surface area (TPSA) is 102 Å². The molecule has 39 heavy (non-hydrogen) atoms. The molecule has 1 amide bonds. The van der Waals surface area contributed by atoms with Crippen molar-refractivity contribution in [3.8, 4) is 11.5 Å². The highest BCUT2D eigenvalue weighted by Gasteiger charge is 2.47. The summed E-state index contributed by atoms with van der Waals surface area (Å²) in [5, 5.41) is 11.4. The van der Waals surface area contributed by atoms with Gasteiger partial charge in [0.05, 0.1) is 38.9 Å². The first-order valence-electron chi connectivity index (χ1n) is 12.6. The molecular formula is C31H31NO7. The van der Waals surface area contributed by atoms with Gasteiger partial charge >= 0.3 is 5.97 Å². The molecular weight excluding hydrogens is 498 g/mol. The molecule has 1 aliphatic rings. The van der Waals surface area contributed by atoms with Gasteiger partial charge in [0.2, 0.25) is 0 Å². The minimum absolute atomic E-state index is 0.0338. The molecule has 1 saturated heterocycles. The van der Waals surface area contributed by atoms with Crippen LogP contribution in [0.1, 0.15) is 41.6 Å². The Bertz CT molecular complexity index is 1430. The van der Waals surface area contributed by atoms with Crippen LogP contribution in [0, 0.1) is 6.92 Å². The summed E-state index contributed by atoms with van der Waals surface area (Å²) < 4.78 is 15.9. The van der Waals surface area contributed by atoms with Gasteiger partial charge in [-0.15, -0.1) is 0 Å². The monoisotopic (exact) mass is 529 g/mol. The van der Waals surface area contributed by atoms with Crippen LogP contribution < -0.4 is 14.4 Å². The summed E-state index contributed by atoms with van der Waals surface area (Å²) in [7, 11) is 2.85. The number of hydrogen-bond acceptors (Lipinski definition) is 7. The second-order valence-corrected chi connectivity index (χ2v) is 9.19. The Kier molecular flexibility index (Phi) is 8.34. The summed E-state index contributed by atoms with van der Waals surface area (Å²) in [5.74, 6) is -1.02. The molecule has 202 valence electrons. The molecule has 0 bridgehead atoms. The fourth-order valence-electron chi connectivity index (χ4n) is 4.57. The Labute approximate surface area is 227 Å². The minimum Gasteiger partial charge on any atom is -0.507 e. The van der Waals surface area contributed by atoms with Crippen molar-refractivity contribution in [3.05, 3.63) is 94.6 Å². The van der Waals surface area contributed by atoms with Gasteiger partial charge in [0.15, 0.2) is 0 Å². The van der Waals surface area contributed by atoms with Gasteiger partial charge in [-0.05, 0) is 72.5 Å². The highest BCUT2D eigenvalue weighted by atomic mass is 16.5. The first kappa shape index (κ1) is 27.4. The normalized spacial score (nSPS) is 16.3. The zero-order chi connectivity index (χ0) is 28.1. The van der Waals surface area contributed by atoms with Crippen molar-refractivity contribution < 1.29 is 33.7 Å². The number of carbonyl (C=O) groups is 3. The number of aryl methyl sites for hydroxylation is 1. The number of benzene rings is 3. The van der Waals surface area contributed by atoms with Gasteiger partial charge in [-0.3, -0.25) is 19.3 Å². The van der Waals surface area contributed by atoms with Crippen LogP contribution in [0.25, 0.3) is 5.76 Å². The zero-order valence-corrected chi connectivity index (χ0v) is 22.4. The summed E-state index contributed by atoms with van der Waals surface area (Å²) >= 11 is 0. The average Bonchev–Trinajstić information content (AvgIpc) is 3.22. The number of nitrogens with zero attached hydrogens (tertiary/aromatic N) is 1. The predicted molar refractivity (Wildman–Crippen MR) is 147 cm³/mol. The maximum atomic E-state index is 13.5. The smallest absolute Gasteiger partial charge is 0.309 e. The number of rotatable bonds is 9. The van der Waals surface area contributed by atoms with Gasteiger partial charge in [-0.25, -0.2) is 0 Å². The molecule has 1 fully saturated rings. The first-order valence-corrected chi connectivity index (χ1v) is 12.6. The lowest BCUT2D eigenvalue weighted by Gasteiger charge is -2.26. The Morgan fingerprint density at radius 2 is 1.74 bits per heavy atom. The van der Waals surface area contributed by atoms with Crippen LogP contribution in [0.2, 0.25) is 0 Å². The molecule has 1 heterocycles. The molecule has 0 aliphatic carbocycles. The third-order valence-corrected chi connectivity index (χ3v) is 6.55. The van der Waals surface area contributed by atoms with Crippen LogP contribution in [0.4, 0.5) is 5.69 Å². The highest BCUT2D eigenvalue weighted by molar-refractivity contribution is 6.51. The number of esters is 1. The molecule has 1 unspecified atom stereocenters. The number of hydrogen-bond donors (Lipinski definition) is 1. The van der Waals surface area contributed by atoms with Crippen molar-refractivity contribution in [1.29, 1.82) is 0 Å². The van der Waals surface area contributed by atoms with Crippen LogP contribution in [0.5, 0.6) is 11.5 Å². The summed E-state index contributed by atoms with van der Waals surface area (Å²) in [6, 6.07) is 18.0. The van der Waals surface area contributed by atoms with Crippen molar-refractivity contribution in [2.45, 2.75) is 32.7 Å². The maximum absolute atomic E-state index is 13.5. The van der Waals surface area contributed by atoms with Crippen LogP contribution >= 0.6 is 0 Å².